The van der Waals surface area contributed by atoms with Gasteiger partial charge < -0.3 is 10.2 Å². The Balaban J connectivity index is 1.17. The molecule has 162 valence electrons. The summed E-state index contributed by atoms with van der Waals surface area (Å²) < 4.78 is 0. The molecule has 1 fully saturated rings. The topological polar surface area (TPSA) is 104 Å². The van der Waals surface area contributed by atoms with Crippen LogP contribution in [0.25, 0.3) is 22.5 Å². The zero-order valence-electron chi connectivity index (χ0n) is 17.7. The highest BCUT2D eigenvalue weighted by Crippen LogP contribution is 2.39. The molecule has 1 aliphatic heterocycles. The molecule has 8 nitrogen and oxygen atoms in total. The SMILES string of the molecule is O=C(Nc1cccc(-c2nn[nH]n2)c1)C1CC(=O)N(c2ccc3c(c2)Cc2ccccc2-3)C1. The Kier molecular flexibility index (Phi) is 4.50. The molecule has 1 aromatic heterocycles. The maximum atomic E-state index is 12.9. The number of hydrogen-bond acceptors (Lipinski definition) is 5. The van der Waals surface area contributed by atoms with Gasteiger partial charge in [-0.3, -0.25) is 9.59 Å². The quantitative estimate of drug-likeness (QED) is 0.449. The first-order valence-electron chi connectivity index (χ1n) is 10.8. The van der Waals surface area contributed by atoms with Gasteiger partial charge in [0, 0.05) is 29.9 Å². The summed E-state index contributed by atoms with van der Waals surface area (Å²) in [6.45, 7) is 0.362. The first-order chi connectivity index (χ1) is 16.2. The van der Waals surface area contributed by atoms with Gasteiger partial charge in [0.25, 0.3) is 0 Å². The Morgan fingerprint density at radius 1 is 1.00 bits per heavy atom. The maximum absolute atomic E-state index is 12.9. The molecule has 2 heterocycles. The number of nitrogens with zero attached hydrogens (tertiary/aromatic N) is 4. The predicted octanol–water partition coefficient (Wildman–Crippen LogP) is 3.43. The van der Waals surface area contributed by atoms with Crippen LogP contribution in [-0.2, 0) is 16.0 Å². The number of aromatic nitrogens is 4. The first kappa shape index (κ1) is 19.4. The molecule has 2 N–H and O–H groups in total. The lowest BCUT2D eigenvalue weighted by molar-refractivity contribution is -0.122. The maximum Gasteiger partial charge on any atom is 0.229 e. The van der Waals surface area contributed by atoms with Crippen LogP contribution in [0, 0.1) is 5.92 Å². The Morgan fingerprint density at radius 3 is 2.76 bits per heavy atom. The molecule has 6 rings (SSSR count). The molecule has 2 amide bonds. The lowest BCUT2D eigenvalue weighted by atomic mass is 10.1. The van der Waals surface area contributed by atoms with Crippen LogP contribution in [0.4, 0.5) is 11.4 Å². The number of carbonyl (C=O) groups excluding carboxylic acids is 2. The molecule has 1 saturated heterocycles. The predicted molar refractivity (Wildman–Crippen MR) is 123 cm³/mol. The van der Waals surface area contributed by atoms with Crippen LogP contribution < -0.4 is 10.2 Å². The second-order valence-electron chi connectivity index (χ2n) is 8.39. The molecule has 0 saturated carbocycles. The number of tetrazole rings is 1. The molecule has 0 radical (unpaired) electrons. The van der Waals surface area contributed by atoms with E-state index in [1.165, 1.54) is 22.3 Å². The molecule has 33 heavy (non-hydrogen) atoms. The van der Waals surface area contributed by atoms with Crippen LogP contribution >= 0.6 is 0 Å². The minimum absolute atomic E-state index is 0.0360. The van der Waals surface area contributed by atoms with Gasteiger partial charge in [0.2, 0.25) is 17.6 Å². The molecule has 2 aliphatic rings. The van der Waals surface area contributed by atoms with Gasteiger partial charge in [0.05, 0.1) is 5.92 Å². The highest BCUT2D eigenvalue weighted by atomic mass is 16.2. The van der Waals surface area contributed by atoms with Gasteiger partial charge in [-0.15, -0.1) is 10.2 Å². The van der Waals surface area contributed by atoms with Gasteiger partial charge in [-0.25, -0.2) is 0 Å². The summed E-state index contributed by atoms with van der Waals surface area (Å²) in [5.74, 6) is -0.181. The van der Waals surface area contributed by atoms with Crippen LogP contribution in [0.1, 0.15) is 17.5 Å². The lowest BCUT2D eigenvalue weighted by Crippen LogP contribution is -2.28. The van der Waals surface area contributed by atoms with Crippen molar-refractivity contribution in [3.63, 3.8) is 0 Å². The number of rotatable bonds is 4. The third-order valence-corrected chi connectivity index (χ3v) is 6.32. The first-order valence-corrected chi connectivity index (χ1v) is 10.8. The molecular weight excluding hydrogens is 416 g/mol. The smallest absolute Gasteiger partial charge is 0.229 e. The van der Waals surface area contributed by atoms with E-state index in [0.717, 1.165) is 17.7 Å². The van der Waals surface area contributed by atoms with Gasteiger partial charge in [-0.1, -0.05) is 42.5 Å². The molecule has 0 spiro atoms. The molecular formula is C25H20N6O2. The lowest BCUT2D eigenvalue weighted by Gasteiger charge is -2.18. The van der Waals surface area contributed by atoms with Crippen molar-refractivity contribution < 1.29 is 9.59 Å². The van der Waals surface area contributed by atoms with E-state index >= 15 is 0 Å². The fourth-order valence-electron chi connectivity index (χ4n) is 4.70. The Morgan fingerprint density at radius 2 is 1.88 bits per heavy atom. The van der Waals surface area contributed by atoms with E-state index in [2.05, 4.69) is 56.3 Å². The van der Waals surface area contributed by atoms with Crippen molar-refractivity contribution in [1.29, 1.82) is 0 Å². The third kappa shape index (κ3) is 3.45. The van der Waals surface area contributed by atoms with Crippen LogP contribution in [-0.4, -0.2) is 39.0 Å². The van der Waals surface area contributed by atoms with Gasteiger partial charge in [0.15, 0.2) is 0 Å². The van der Waals surface area contributed by atoms with Crippen molar-refractivity contribution >= 4 is 23.2 Å². The summed E-state index contributed by atoms with van der Waals surface area (Å²) in [6, 6.07) is 21.8. The van der Waals surface area contributed by atoms with E-state index < -0.39 is 5.92 Å². The summed E-state index contributed by atoms with van der Waals surface area (Å²) in [5, 5.41) is 16.8. The number of anilines is 2. The van der Waals surface area contributed by atoms with Crippen molar-refractivity contribution in [3.05, 3.63) is 77.9 Å². The molecule has 3 aromatic carbocycles. The molecule has 8 heteroatoms. The molecule has 0 bridgehead atoms. The van der Waals surface area contributed by atoms with Crippen molar-refractivity contribution in [3.8, 4) is 22.5 Å². The van der Waals surface area contributed by atoms with Crippen molar-refractivity contribution in [1.82, 2.24) is 20.6 Å². The number of nitrogens with one attached hydrogen (secondary N) is 2. The Bertz CT molecular complexity index is 1380. The summed E-state index contributed by atoms with van der Waals surface area (Å²) in [7, 11) is 0. The highest BCUT2D eigenvalue weighted by Gasteiger charge is 2.35. The second kappa shape index (κ2) is 7.67. The van der Waals surface area contributed by atoms with E-state index in [1.54, 1.807) is 17.0 Å². The minimum atomic E-state index is -0.420. The van der Waals surface area contributed by atoms with Crippen LogP contribution in [0.15, 0.2) is 66.7 Å². The van der Waals surface area contributed by atoms with Gasteiger partial charge in [-0.05, 0) is 58.2 Å². The van der Waals surface area contributed by atoms with E-state index in [4.69, 9.17) is 0 Å². The second-order valence-corrected chi connectivity index (χ2v) is 8.39. The van der Waals surface area contributed by atoms with Gasteiger partial charge in [0.1, 0.15) is 0 Å². The number of benzene rings is 3. The molecule has 1 aliphatic carbocycles. The summed E-state index contributed by atoms with van der Waals surface area (Å²) in [4.78, 5) is 27.4. The van der Waals surface area contributed by atoms with Gasteiger partial charge >= 0.3 is 0 Å². The average molecular weight is 436 g/mol. The average Bonchev–Trinajstić information content (AvgIpc) is 3.57. The third-order valence-electron chi connectivity index (χ3n) is 6.32. The Labute approximate surface area is 189 Å². The van der Waals surface area contributed by atoms with E-state index in [1.807, 2.05) is 24.3 Å². The van der Waals surface area contributed by atoms with Crippen LogP contribution in [0.2, 0.25) is 0 Å². The van der Waals surface area contributed by atoms with Crippen molar-refractivity contribution in [2.75, 3.05) is 16.8 Å². The normalized spacial score (nSPS) is 16.5. The van der Waals surface area contributed by atoms with Crippen molar-refractivity contribution in [2.45, 2.75) is 12.8 Å². The number of hydrogen-bond donors (Lipinski definition) is 2. The van der Waals surface area contributed by atoms with Crippen molar-refractivity contribution in [2.24, 2.45) is 5.92 Å². The van der Waals surface area contributed by atoms with E-state index in [-0.39, 0.29) is 18.2 Å². The number of H-pyrrole nitrogens is 1. The minimum Gasteiger partial charge on any atom is -0.326 e. The highest BCUT2D eigenvalue weighted by molar-refractivity contribution is 6.04. The number of amides is 2. The number of fused-ring (bicyclic) bond motifs is 3. The molecule has 4 aromatic rings. The monoisotopic (exact) mass is 436 g/mol. The number of aromatic amines is 1. The number of carbonyl (C=O) groups is 2. The fourth-order valence-corrected chi connectivity index (χ4v) is 4.70. The van der Waals surface area contributed by atoms with Crippen LogP contribution in [0.3, 0.4) is 0 Å². The molecule has 1 unspecified atom stereocenters. The Hall–Kier alpha value is -4.33. The summed E-state index contributed by atoms with van der Waals surface area (Å²) in [6.07, 6.45) is 1.05. The summed E-state index contributed by atoms with van der Waals surface area (Å²) in [5.41, 5.74) is 7.21. The van der Waals surface area contributed by atoms with E-state index in [0.29, 0.717) is 18.1 Å². The fraction of sp³-hybridized carbons (Fsp3) is 0.160. The molecule has 1 atom stereocenters. The standard InChI is InChI=1S/C25H20N6O2/c32-23-13-18(25(33)26-19-6-3-5-16(11-19)24-27-29-30-28-24)14-31(23)20-8-9-22-17(12-20)10-15-4-1-2-7-21(15)22/h1-9,11-12,18H,10,13-14H2,(H,26,33)(H,27,28,29,30). The largest absolute Gasteiger partial charge is 0.326 e. The van der Waals surface area contributed by atoms with Crippen LogP contribution in [0.5, 0.6) is 0 Å². The van der Waals surface area contributed by atoms with Gasteiger partial charge in [-0.2, -0.15) is 5.21 Å². The zero-order valence-corrected chi connectivity index (χ0v) is 17.7. The summed E-state index contributed by atoms with van der Waals surface area (Å²) >= 11 is 0. The zero-order chi connectivity index (χ0) is 22.4. The van der Waals surface area contributed by atoms with E-state index in [9.17, 15) is 9.59 Å².